The summed E-state index contributed by atoms with van der Waals surface area (Å²) in [4.78, 5) is 40.2. The van der Waals surface area contributed by atoms with E-state index in [4.69, 9.17) is 4.74 Å². The number of imide groups is 1. The van der Waals surface area contributed by atoms with Crippen LogP contribution in [-0.4, -0.2) is 41.8 Å². The number of methoxy groups -OCH3 is 1. The fourth-order valence-electron chi connectivity index (χ4n) is 3.75. The number of benzene rings is 2. The Bertz CT molecular complexity index is 1020. The summed E-state index contributed by atoms with van der Waals surface area (Å²) in [6, 6.07) is 12.5. The zero-order valence-corrected chi connectivity index (χ0v) is 15.8. The molecule has 0 spiro atoms. The molecule has 0 bridgehead atoms. The van der Waals surface area contributed by atoms with Gasteiger partial charge in [-0.25, -0.2) is 4.90 Å². The Hall–Kier alpha value is -3.68. The van der Waals surface area contributed by atoms with Crippen LogP contribution >= 0.6 is 0 Å². The molecule has 0 aliphatic carbocycles. The predicted octanol–water partition coefficient (Wildman–Crippen LogP) is 2.98. The number of nitro groups is 1. The first kappa shape index (κ1) is 18.7. The summed E-state index contributed by atoms with van der Waals surface area (Å²) in [5.41, 5.74) is 1.46. The van der Waals surface area contributed by atoms with E-state index in [-0.39, 0.29) is 11.3 Å². The van der Waals surface area contributed by atoms with Crippen molar-refractivity contribution in [2.75, 3.05) is 25.1 Å². The van der Waals surface area contributed by atoms with Crippen LogP contribution in [0.5, 0.6) is 5.75 Å². The fourth-order valence-corrected chi connectivity index (χ4v) is 3.75. The first-order chi connectivity index (χ1) is 14.0. The lowest BCUT2D eigenvalue weighted by molar-refractivity contribution is -0.384. The van der Waals surface area contributed by atoms with Gasteiger partial charge in [-0.05, 0) is 42.7 Å². The summed E-state index contributed by atoms with van der Waals surface area (Å²) in [5.74, 6) is -0.299. The van der Waals surface area contributed by atoms with Gasteiger partial charge in [0.1, 0.15) is 11.4 Å². The molecule has 0 aromatic heterocycles. The Balaban J connectivity index is 1.81. The van der Waals surface area contributed by atoms with E-state index >= 15 is 0 Å². The van der Waals surface area contributed by atoms with E-state index in [0.29, 0.717) is 35.8 Å². The number of ether oxygens (including phenoxy) is 1. The largest absolute Gasteiger partial charge is 0.497 e. The van der Waals surface area contributed by atoms with Crippen LogP contribution in [-0.2, 0) is 9.59 Å². The highest BCUT2D eigenvalue weighted by atomic mass is 16.6. The monoisotopic (exact) mass is 393 g/mol. The van der Waals surface area contributed by atoms with Crippen molar-refractivity contribution in [1.29, 1.82) is 0 Å². The minimum Gasteiger partial charge on any atom is -0.497 e. The molecule has 1 fully saturated rings. The molecular formula is C21H19N3O5. The lowest BCUT2D eigenvalue weighted by Crippen LogP contribution is -2.34. The van der Waals surface area contributed by atoms with Gasteiger partial charge in [0, 0.05) is 31.3 Å². The number of amides is 2. The number of non-ortho nitro benzene ring substituents is 1. The number of likely N-dealkylation sites (tertiary alicyclic amines) is 1. The van der Waals surface area contributed by atoms with Crippen LogP contribution in [0.4, 0.5) is 11.4 Å². The Kier molecular flexibility index (Phi) is 4.75. The number of hydrogen-bond donors (Lipinski definition) is 0. The maximum absolute atomic E-state index is 13.3. The van der Waals surface area contributed by atoms with Gasteiger partial charge in [-0.2, -0.15) is 0 Å². The summed E-state index contributed by atoms with van der Waals surface area (Å²) in [6.07, 6.45) is 1.88. The van der Waals surface area contributed by atoms with Crippen molar-refractivity contribution in [2.45, 2.75) is 12.8 Å². The lowest BCUT2D eigenvalue weighted by Gasteiger charge is -2.20. The first-order valence-corrected chi connectivity index (χ1v) is 9.28. The van der Waals surface area contributed by atoms with Crippen LogP contribution < -0.4 is 9.64 Å². The van der Waals surface area contributed by atoms with Crippen molar-refractivity contribution in [3.05, 3.63) is 69.9 Å². The molecule has 148 valence electrons. The van der Waals surface area contributed by atoms with Gasteiger partial charge in [-0.3, -0.25) is 19.7 Å². The second-order valence-electron chi connectivity index (χ2n) is 6.87. The molecule has 2 amide bonds. The van der Waals surface area contributed by atoms with Crippen LogP contribution in [0.2, 0.25) is 0 Å². The van der Waals surface area contributed by atoms with Gasteiger partial charge in [0.2, 0.25) is 0 Å². The van der Waals surface area contributed by atoms with E-state index in [2.05, 4.69) is 0 Å². The number of hydrogen-bond acceptors (Lipinski definition) is 6. The summed E-state index contributed by atoms with van der Waals surface area (Å²) in [6.45, 7) is 1.38. The van der Waals surface area contributed by atoms with E-state index in [9.17, 15) is 19.7 Å². The Morgan fingerprint density at radius 3 is 2.31 bits per heavy atom. The maximum Gasteiger partial charge on any atom is 0.282 e. The second kappa shape index (κ2) is 7.38. The van der Waals surface area contributed by atoms with E-state index in [0.717, 1.165) is 17.7 Å². The normalized spacial score (nSPS) is 16.7. The highest BCUT2D eigenvalue weighted by molar-refractivity contribution is 6.45. The van der Waals surface area contributed by atoms with Crippen molar-refractivity contribution in [2.24, 2.45) is 0 Å². The lowest BCUT2D eigenvalue weighted by atomic mass is 10.0. The molecule has 29 heavy (non-hydrogen) atoms. The molecule has 2 aliphatic heterocycles. The Morgan fingerprint density at radius 1 is 1.00 bits per heavy atom. The molecule has 4 rings (SSSR count). The molecule has 1 saturated heterocycles. The maximum atomic E-state index is 13.3. The number of anilines is 1. The van der Waals surface area contributed by atoms with Gasteiger partial charge in [0.05, 0.1) is 23.3 Å². The van der Waals surface area contributed by atoms with Crippen molar-refractivity contribution in [1.82, 2.24) is 4.90 Å². The topological polar surface area (TPSA) is 93.0 Å². The molecule has 0 saturated carbocycles. The SMILES string of the molecule is COc1cccc(N2C(=O)C(c3ccc([N+](=O)[O-])cc3)=C(N3CCCC3)C2=O)c1. The number of nitrogens with zero attached hydrogens (tertiary/aromatic N) is 3. The standard InChI is InChI=1S/C21H19N3O5/c1-29-17-6-4-5-16(13-17)23-20(25)18(14-7-9-15(10-8-14)24(27)28)19(21(23)26)22-11-2-3-12-22/h4-10,13H,2-3,11-12H2,1H3. The Labute approximate surface area is 167 Å². The quantitative estimate of drug-likeness (QED) is 0.440. The summed E-state index contributed by atoms with van der Waals surface area (Å²) >= 11 is 0. The Morgan fingerprint density at radius 2 is 1.69 bits per heavy atom. The van der Waals surface area contributed by atoms with Crippen molar-refractivity contribution < 1.29 is 19.2 Å². The van der Waals surface area contributed by atoms with Gasteiger partial charge < -0.3 is 9.64 Å². The average Bonchev–Trinajstić information content (AvgIpc) is 3.34. The fraction of sp³-hybridized carbons (Fsp3) is 0.238. The molecule has 2 heterocycles. The van der Waals surface area contributed by atoms with Gasteiger partial charge >= 0.3 is 0 Å². The number of nitro benzene ring substituents is 1. The predicted molar refractivity (Wildman–Crippen MR) is 106 cm³/mol. The summed E-state index contributed by atoms with van der Waals surface area (Å²) in [5, 5.41) is 11.0. The molecule has 2 aliphatic rings. The van der Waals surface area contributed by atoms with E-state index in [1.807, 2.05) is 4.90 Å². The molecule has 8 nitrogen and oxygen atoms in total. The highest BCUT2D eigenvalue weighted by Crippen LogP contribution is 2.37. The molecule has 2 aromatic rings. The molecule has 2 aromatic carbocycles. The third-order valence-electron chi connectivity index (χ3n) is 5.16. The number of carbonyl (C=O) groups excluding carboxylic acids is 2. The van der Waals surface area contributed by atoms with Gasteiger partial charge in [-0.1, -0.05) is 6.07 Å². The average molecular weight is 393 g/mol. The summed E-state index contributed by atoms with van der Waals surface area (Å²) in [7, 11) is 1.52. The van der Waals surface area contributed by atoms with Gasteiger partial charge in [0.25, 0.3) is 17.5 Å². The van der Waals surface area contributed by atoms with E-state index in [1.165, 1.54) is 31.4 Å². The van der Waals surface area contributed by atoms with E-state index in [1.54, 1.807) is 24.3 Å². The number of rotatable bonds is 5. The second-order valence-corrected chi connectivity index (χ2v) is 6.87. The molecule has 8 heteroatoms. The molecule has 0 unspecified atom stereocenters. The highest BCUT2D eigenvalue weighted by Gasteiger charge is 2.43. The zero-order chi connectivity index (χ0) is 20.5. The van der Waals surface area contributed by atoms with Crippen molar-refractivity contribution >= 4 is 28.8 Å². The molecule has 0 N–H and O–H groups in total. The minimum absolute atomic E-state index is 0.0708. The smallest absolute Gasteiger partial charge is 0.282 e. The van der Waals surface area contributed by atoms with Crippen LogP contribution in [0.1, 0.15) is 18.4 Å². The van der Waals surface area contributed by atoms with Crippen LogP contribution in [0.15, 0.2) is 54.2 Å². The van der Waals surface area contributed by atoms with Crippen LogP contribution in [0.3, 0.4) is 0 Å². The van der Waals surface area contributed by atoms with Crippen molar-refractivity contribution in [3.8, 4) is 5.75 Å². The number of carbonyl (C=O) groups is 2. The van der Waals surface area contributed by atoms with E-state index < -0.39 is 16.7 Å². The van der Waals surface area contributed by atoms with Crippen LogP contribution in [0.25, 0.3) is 5.57 Å². The van der Waals surface area contributed by atoms with Crippen LogP contribution in [0, 0.1) is 10.1 Å². The van der Waals surface area contributed by atoms with Crippen molar-refractivity contribution in [3.63, 3.8) is 0 Å². The van der Waals surface area contributed by atoms with Gasteiger partial charge in [0.15, 0.2) is 0 Å². The molecule has 0 radical (unpaired) electrons. The van der Waals surface area contributed by atoms with Gasteiger partial charge in [-0.15, -0.1) is 0 Å². The molecular weight excluding hydrogens is 374 g/mol. The minimum atomic E-state index is -0.496. The zero-order valence-electron chi connectivity index (χ0n) is 15.8. The molecule has 0 atom stereocenters. The first-order valence-electron chi connectivity index (χ1n) is 9.28. The third kappa shape index (κ3) is 3.22. The third-order valence-corrected chi connectivity index (χ3v) is 5.16. The summed E-state index contributed by atoms with van der Waals surface area (Å²) < 4.78 is 5.22.